The van der Waals surface area contributed by atoms with Crippen molar-refractivity contribution in [2.75, 3.05) is 0 Å². The van der Waals surface area contributed by atoms with Gasteiger partial charge < -0.3 is 18.9 Å². The second-order valence-corrected chi connectivity index (χ2v) is 10.7. The van der Waals surface area contributed by atoms with Crippen LogP contribution < -0.4 is 9.47 Å². The average molecular weight is 773 g/mol. The zero-order valence-electron chi connectivity index (χ0n) is 25.5. The number of alkyl halides is 6. The molecule has 0 fully saturated rings. The Labute approximate surface area is 296 Å². The standard InChI is InChI=1S/C32H16Cl2F6N2O10/c1-2-3-28(51-29(43)20-14-18(6-8-24(20)41(45)46)49-26-10-4-16(12-22(26)33)31(35,36)37)52-30(44)21-15-19(7-9-25(21)42(47)48)50-27-11-5-17(13-23(27)34)32(38,39)40/h4-15,28H,1H3. The van der Waals surface area contributed by atoms with E-state index in [9.17, 15) is 56.2 Å². The molecule has 0 aliphatic heterocycles. The first-order valence-corrected chi connectivity index (χ1v) is 14.5. The van der Waals surface area contributed by atoms with Crippen LogP contribution in [0, 0.1) is 32.1 Å². The summed E-state index contributed by atoms with van der Waals surface area (Å²) < 4.78 is 99.0. The van der Waals surface area contributed by atoms with Crippen molar-refractivity contribution in [3.8, 4) is 34.8 Å². The second kappa shape index (κ2) is 15.4. The van der Waals surface area contributed by atoms with Crippen molar-refractivity contribution in [2.45, 2.75) is 25.6 Å². The first kappa shape index (κ1) is 38.7. The molecule has 4 aromatic rings. The number of nitro benzene ring substituents is 2. The van der Waals surface area contributed by atoms with E-state index in [4.69, 9.17) is 42.1 Å². The molecular weight excluding hydrogens is 757 g/mol. The number of halogens is 8. The van der Waals surface area contributed by atoms with E-state index in [1.165, 1.54) is 6.92 Å². The minimum absolute atomic E-state index is 0.320. The third-order valence-corrected chi connectivity index (χ3v) is 7.02. The van der Waals surface area contributed by atoms with E-state index in [-0.39, 0.29) is 23.0 Å². The number of nitro groups is 2. The number of rotatable bonds is 10. The Morgan fingerprint density at radius 3 is 1.37 bits per heavy atom. The average Bonchev–Trinajstić information content (AvgIpc) is 3.05. The van der Waals surface area contributed by atoms with E-state index in [0.29, 0.717) is 24.3 Å². The van der Waals surface area contributed by atoms with Gasteiger partial charge in [0.1, 0.15) is 34.1 Å². The molecule has 20 heteroatoms. The molecule has 0 spiro atoms. The summed E-state index contributed by atoms with van der Waals surface area (Å²) in [6.45, 7) is 1.21. The first-order valence-electron chi connectivity index (χ1n) is 13.8. The third-order valence-electron chi connectivity index (χ3n) is 6.43. The molecule has 0 aliphatic rings. The van der Waals surface area contributed by atoms with Gasteiger partial charge in [-0.3, -0.25) is 20.2 Å². The smallest absolute Gasteiger partial charge is 0.416 e. The lowest BCUT2D eigenvalue weighted by molar-refractivity contribution is -0.385. The highest BCUT2D eigenvalue weighted by Gasteiger charge is 2.33. The Hall–Kier alpha value is -6.06. The van der Waals surface area contributed by atoms with Crippen LogP contribution in [0.4, 0.5) is 37.7 Å². The topological polar surface area (TPSA) is 157 Å². The van der Waals surface area contributed by atoms with E-state index < -0.39 is 84.1 Å². The fourth-order valence-corrected chi connectivity index (χ4v) is 4.54. The molecule has 0 heterocycles. The maximum atomic E-state index is 13.1. The predicted octanol–water partition coefficient (Wildman–Crippen LogP) is 9.80. The van der Waals surface area contributed by atoms with Crippen LogP contribution >= 0.6 is 23.2 Å². The second-order valence-electron chi connectivity index (χ2n) is 9.90. The molecule has 0 saturated heterocycles. The van der Waals surface area contributed by atoms with Crippen LogP contribution in [0.3, 0.4) is 0 Å². The minimum Gasteiger partial charge on any atom is -0.456 e. The van der Waals surface area contributed by atoms with Crippen molar-refractivity contribution < 1.29 is 64.7 Å². The fourth-order valence-electron chi connectivity index (χ4n) is 4.10. The van der Waals surface area contributed by atoms with E-state index in [2.05, 4.69) is 11.8 Å². The van der Waals surface area contributed by atoms with Gasteiger partial charge in [0, 0.05) is 24.3 Å². The highest BCUT2D eigenvalue weighted by atomic mass is 35.5. The molecule has 0 bridgehead atoms. The van der Waals surface area contributed by atoms with Gasteiger partial charge in [0.2, 0.25) is 0 Å². The Balaban J connectivity index is 1.59. The number of ether oxygens (including phenoxy) is 4. The number of hydrogen-bond donors (Lipinski definition) is 0. The third kappa shape index (κ3) is 9.38. The van der Waals surface area contributed by atoms with Crippen molar-refractivity contribution in [1.82, 2.24) is 0 Å². The number of carbonyl (C=O) groups excluding carboxylic acids is 2. The van der Waals surface area contributed by atoms with Crippen LogP contribution in [-0.2, 0) is 21.8 Å². The van der Waals surface area contributed by atoms with Gasteiger partial charge in [0.15, 0.2) is 0 Å². The lowest BCUT2D eigenvalue weighted by Crippen LogP contribution is -2.24. The summed E-state index contributed by atoms with van der Waals surface area (Å²) in [5.74, 6) is 0.115. The molecule has 0 aliphatic carbocycles. The number of nitrogens with zero attached hydrogens (tertiary/aromatic N) is 2. The van der Waals surface area contributed by atoms with Crippen molar-refractivity contribution in [1.29, 1.82) is 0 Å². The first-order chi connectivity index (χ1) is 24.3. The van der Waals surface area contributed by atoms with Crippen molar-refractivity contribution in [3.05, 3.63) is 125 Å². The molecule has 0 aromatic heterocycles. The Morgan fingerprint density at radius 2 is 1.06 bits per heavy atom. The SMILES string of the molecule is CC#CC(OC(=O)c1cc(Oc2ccc(C(F)(F)F)cc2Cl)ccc1[N+](=O)[O-])OC(=O)c1cc(Oc2ccc(C(F)(F)F)cc2Cl)ccc1[N+](=O)[O-]. The highest BCUT2D eigenvalue weighted by molar-refractivity contribution is 6.32. The van der Waals surface area contributed by atoms with E-state index in [0.717, 1.165) is 48.5 Å². The zero-order chi connectivity index (χ0) is 38.5. The van der Waals surface area contributed by atoms with Crippen LogP contribution in [0.1, 0.15) is 38.8 Å². The molecule has 0 amide bonds. The summed E-state index contributed by atoms with van der Waals surface area (Å²) >= 11 is 11.8. The normalized spacial score (nSPS) is 11.3. The van der Waals surface area contributed by atoms with Crippen LogP contribution in [0.5, 0.6) is 23.0 Å². The monoisotopic (exact) mass is 772 g/mol. The predicted molar refractivity (Wildman–Crippen MR) is 167 cm³/mol. The molecule has 0 atom stereocenters. The zero-order valence-corrected chi connectivity index (χ0v) is 27.0. The van der Waals surface area contributed by atoms with Gasteiger partial charge in [-0.2, -0.15) is 26.3 Å². The summed E-state index contributed by atoms with van der Waals surface area (Å²) in [4.78, 5) is 47.7. The Kier molecular flexibility index (Phi) is 11.5. The van der Waals surface area contributed by atoms with Gasteiger partial charge in [0.25, 0.3) is 11.4 Å². The molecule has 12 nitrogen and oxygen atoms in total. The number of carbonyl (C=O) groups is 2. The van der Waals surface area contributed by atoms with E-state index in [1.54, 1.807) is 0 Å². The molecule has 0 saturated carbocycles. The quantitative estimate of drug-likeness (QED) is 0.0379. The highest BCUT2D eigenvalue weighted by Crippen LogP contribution is 2.39. The van der Waals surface area contributed by atoms with Crippen LogP contribution in [0.2, 0.25) is 10.0 Å². The number of esters is 2. The van der Waals surface area contributed by atoms with Gasteiger partial charge in [0.05, 0.1) is 31.0 Å². The van der Waals surface area contributed by atoms with Gasteiger partial charge in [-0.25, -0.2) is 9.59 Å². The van der Waals surface area contributed by atoms with Crippen molar-refractivity contribution in [3.63, 3.8) is 0 Å². The van der Waals surface area contributed by atoms with Crippen molar-refractivity contribution >= 4 is 46.5 Å². The summed E-state index contributed by atoms with van der Waals surface area (Å²) in [6, 6.07) is 9.34. The molecule has 0 N–H and O–H groups in total. The number of benzene rings is 4. The fraction of sp³-hybridized carbons (Fsp3) is 0.125. The maximum absolute atomic E-state index is 13.1. The van der Waals surface area contributed by atoms with Gasteiger partial charge in [-0.1, -0.05) is 29.1 Å². The van der Waals surface area contributed by atoms with Crippen LogP contribution in [-0.4, -0.2) is 28.1 Å². The lowest BCUT2D eigenvalue weighted by atomic mass is 10.1. The molecular formula is C32H16Cl2F6N2O10. The van der Waals surface area contributed by atoms with Crippen LogP contribution in [0.15, 0.2) is 72.8 Å². The van der Waals surface area contributed by atoms with E-state index >= 15 is 0 Å². The van der Waals surface area contributed by atoms with E-state index in [1.807, 2.05) is 0 Å². The largest absolute Gasteiger partial charge is 0.456 e. The summed E-state index contributed by atoms with van der Waals surface area (Å²) in [6.07, 6.45) is -11.6. The minimum atomic E-state index is -4.72. The van der Waals surface area contributed by atoms with Crippen LogP contribution in [0.25, 0.3) is 0 Å². The molecule has 0 unspecified atom stereocenters. The summed E-state index contributed by atoms with van der Waals surface area (Å²) in [7, 11) is 0. The maximum Gasteiger partial charge on any atom is 0.416 e. The molecule has 52 heavy (non-hydrogen) atoms. The van der Waals surface area contributed by atoms with Gasteiger partial charge >= 0.3 is 30.6 Å². The Morgan fingerprint density at radius 1 is 0.673 bits per heavy atom. The molecule has 4 aromatic carbocycles. The number of hydrogen-bond acceptors (Lipinski definition) is 10. The van der Waals surface area contributed by atoms with Crippen molar-refractivity contribution in [2.24, 2.45) is 0 Å². The lowest BCUT2D eigenvalue weighted by Gasteiger charge is -2.15. The molecule has 4 rings (SSSR count). The van der Waals surface area contributed by atoms with Gasteiger partial charge in [-0.05, 0) is 61.4 Å². The molecule has 270 valence electrons. The molecule has 0 radical (unpaired) electrons. The Bertz CT molecular complexity index is 2010. The van der Waals surface area contributed by atoms with Gasteiger partial charge in [-0.15, -0.1) is 0 Å². The summed E-state index contributed by atoms with van der Waals surface area (Å²) in [5.41, 5.74) is -5.51. The summed E-state index contributed by atoms with van der Waals surface area (Å²) in [5, 5.41) is 22.4.